The second-order valence-electron chi connectivity index (χ2n) is 10.4. The van der Waals surface area contributed by atoms with Crippen molar-refractivity contribution in [2.45, 2.75) is 45.4 Å². The molecule has 0 aliphatic rings. The lowest BCUT2D eigenvalue weighted by atomic mass is 10.0. The lowest BCUT2D eigenvalue weighted by molar-refractivity contribution is -0.149. The number of halogens is 2. The smallest absolute Gasteiger partial charge is 0.335 e. The maximum Gasteiger partial charge on any atom is 0.335 e. The van der Waals surface area contributed by atoms with Crippen molar-refractivity contribution in [3.63, 3.8) is 0 Å². The first kappa shape index (κ1) is 31.8. The van der Waals surface area contributed by atoms with Crippen molar-refractivity contribution in [3.05, 3.63) is 103 Å². The quantitative estimate of drug-likeness (QED) is 0.254. The zero-order valence-corrected chi connectivity index (χ0v) is 25.6. The van der Waals surface area contributed by atoms with E-state index in [1.807, 2.05) is 0 Å². The number of aryl methyl sites for hydroxylation is 1. The van der Waals surface area contributed by atoms with Crippen LogP contribution in [0, 0.1) is 0 Å². The van der Waals surface area contributed by atoms with Gasteiger partial charge in [-0.15, -0.1) is 0 Å². The van der Waals surface area contributed by atoms with Crippen molar-refractivity contribution in [2.24, 2.45) is 12.8 Å². The Hall–Kier alpha value is -4.12. The molecule has 1 heterocycles. The number of rotatable bonds is 10. The number of ether oxygens (including phenoxy) is 2. The van der Waals surface area contributed by atoms with Crippen molar-refractivity contribution in [1.29, 1.82) is 0 Å². The summed E-state index contributed by atoms with van der Waals surface area (Å²) in [6.07, 6.45) is -0.358. The third-order valence-electron chi connectivity index (χ3n) is 6.52. The molecule has 0 unspecified atom stereocenters. The Morgan fingerprint density at radius 1 is 0.977 bits per heavy atom. The van der Waals surface area contributed by atoms with E-state index in [9.17, 15) is 19.2 Å². The average Bonchev–Trinajstić information content (AvgIpc) is 2.95. The molecule has 0 aliphatic heterocycles. The van der Waals surface area contributed by atoms with Gasteiger partial charge in [-0.3, -0.25) is 14.2 Å². The van der Waals surface area contributed by atoms with Gasteiger partial charge in [-0.05, 0) is 68.8 Å². The average molecular weight is 628 g/mol. The molecule has 0 saturated heterocycles. The summed E-state index contributed by atoms with van der Waals surface area (Å²) in [6.45, 7) is 5.47. The first-order valence-corrected chi connectivity index (χ1v) is 14.3. The molecule has 0 radical (unpaired) electrons. The van der Waals surface area contributed by atoms with Crippen LogP contribution in [-0.4, -0.2) is 45.8 Å². The van der Waals surface area contributed by atoms with Crippen LogP contribution in [0.3, 0.4) is 0 Å². The molecule has 43 heavy (non-hydrogen) atoms. The zero-order chi connectivity index (χ0) is 31.4. The molecule has 0 fully saturated rings. The fourth-order valence-electron chi connectivity index (χ4n) is 4.45. The summed E-state index contributed by atoms with van der Waals surface area (Å²) in [5, 5.41) is 3.25. The van der Waals surface area contributed by atoms with Crippen LogP contribution in [0.25, 0.3) is 16.6 Å². The van der Waals surface area contributed by atoms with Crippen LogP contribution in [0.4, 0.5) is 0 Å². The maximum absolute atomic E-state index is 13.5. The van der Waals surface area contributed by atoms with Gasteiger partial charge >= 0.3 is 11.7 Å². The predicted molar refractivity (Wildman–Crippen MR) is 167 cm³/mol. The zero-order valence-electron chi connectivity index (χ0n) is 24.1. The van der Waals surface area contributed by atoms with E-state index in [0.717, 1.165) is 4.57 Å². The monoisotopic (exact) mass is 626 g/mol. The van der Waals surface area contributed by atoms with Gasteiger partial charge in [-0.1, -0.05) is 41.4 Å². The summed E-state index contributed by atoms with van der Waals surface area (Å²) in [5.74, 6) is -0.812. The topological polar surface area (TPSA) is 135 Å². The molecule has 0 spiro atoms. The minimum absolute atomic E-state index is 0.0427. The second kappa shape index (κ2) is 13.5. The highest BCUT2D eigenvalue weighted by atomic mass is 35.5. The number of nitrogens with two attached hydrogens (primary N) is 1. The Labute approximate surface area is 257 Å². The van der Waals surface area contributed by atoms with Gasteiger partial charge < -0.3 is 20.5 Å². The summed E-state index contributed by atoms with van der Waals surface area (Å²) >= 11 is 12.4. The molecular formula is C31H32Cl2N4O6. The van der Waals surface area contributed by atoms with E-state index in [4.69, 9.17) is 38.4 Å². The molecule has 2 atom stereocenters. The number of fused-ring (bicyclic) bond motifs is 1. The van der Waals surface area contributed by atoms with E-state index >= 15 is 0 Å². The third kappa shape index (κ3) is 7.27. The van der Waals surface area contributed by atoms with E-state index in [0.29, 0.717) is 27.9 Å². The minimum atomic E-state index is -1.07. The van der Waals surface area contributed by atoms with Crippen molar-refractivity contribution in [3.8, 4) is 11.4 Å². The number of esters is 1. The van der Waals surface area contributed by atoms with Crippen LogP contribution >= 0.6 is 23.2 Å². The normalized spacial score (nSPS) is 12.7. The summed E-state index contributed by atoms with van der Waals surface area (Å²) in [7, 11) is 1.58. The van der Waals surface area contributed by atoms with Crippen molar-refractivity contribution in [1.82, 2.24) is 14.5 Å². The first-order valence-electron chi connectivity index (χ1n) is 13.6. The molecule has 4 aromatic rings. The summed E-state index contributed by atoms with van der Waals surface area (Å²) < 4.78 is 13.5. The molecule has 226 valence electrons. The Bertz CT molecular complexity index is 1760. The fourth-order valence-corrected chi connectivity index (χ4v) is 5.02. The van der Waals surface area contributed by atoms with E-state index in [1.54, 1.807) is 76.3 Å². The second-order valence-corrected chi connectivity index (χ2v) is 11.2. The number of benzene rings is 3. The molecule has 1 amide bonds. The number of amides is 1. The van der Waals surface area contributed by atoms with Gasteiger partial charge in [0.1, 0.15) is 18.4 Å². The number of carbonyl (C=O) groups excluding carboxylic acids is 2. The Kier molecular flexibility index (Phi) is 9.95. The van der Waals surface area contributed by atoms with Gasteiger partial charge in [0, 0.05) is 19.5 Å². The van der Waals surface area contributed by atoms with E-state index in [2.05, 4.69) is 5.32 Å². The Balaban J connectivity index is 1.65. The highest BCUT2D eigenvalue weighted by Crippen LogP contribution is 2.24. The Morgan fingerprint density at radius 3 is 2.23 bits per heavy atom. The van der Waals surface area contributed by atoms with Gasteiger partial charge in [0.25, 0.3) is 11.5 Å². The van der Waals surface area contributed by atoms with Gasteiger partial charge in [0.15, 0.2) is 0 Å². The fraction of sp³-hybridized carbons (Fsp3) is 0.290. The molecule has 0 saturated carbocycles. The maximum atomic E-state index is 13.5. The standard InChI is InChI=1S/C31H32Cl2N4O6/c1-17(2)43-30(40)25(35-28(38)27-23(32)6-5-7-24(27)33)14-19-8-10-20(11-9-19)37-29(39)22-15-21(42-16-18(3)34)12-13-26(22)36(4)31(37)41/h5-13,15,17-18,25H,14,16,34H2,1-4H3,(H,35,38)/t18-,25-/m0/s1. The molecule has 0 bridgehead atoms. The molecule has 10 nitrogen and oxygen atoms in total. The van der Waals surface area contributed by atoms with Gasteiger partial charge in [-0.25, -0.2) is 14.2 Å². The number of aromatic nitrogens is 2. The molecule has 3 aromatic carbocycles. The minimum Gasteiger partial charge on any atom is -0.492 e. The predicted octanol–water partition coefficient (Wildman–Crippen LogP) is 4.01. The molecule has 3 N–H and O–H groups in total. The van der Waals surface area contributed by atoms with Crippen LogP contribution in [-0.2, 0) is 23.0 Å². The number of hydrogen-bond donors (Lipinski definition) is 2. The first-order chi connectivity index (χ1) is 20.4. The molecule has 0 aliphatic carbocycles. The largest absolute Gasteiger partial charge is 0.492 e. The summed E-state index contributed by atoms with van der Waals surface area (Å²) in [4.78, 5) is 52.7. The van der Waals surface area contributed by atoms with Crippen molar-refractivity contribution < 1.29 is 19.1 Å². The number of carbonyl (C=O) groups is 2. The number of nitrogens with one attached hydrogen (secondary N) is 1. The van der Waals surface area contributed by atoms with Crippen molar-refractivity contribution >= 4 is 46.0 Å². The highest BCUT2D eigenvalue weighted by Gasteiger charge is 2.26. The van der Waals surface area contributed by atoms with Gasteiger partial charge in [0.05, 0.1) is 38.3 Å². The molecule has 1 aromatic heterocycles. The molecule has 12 heteroatoms. The van der Waals surface area contributed by atoms with Gasteiger partial charge in [-0.2, -0.15) is 0 Å². The summed E-state index contributed by atoms with van der Waals surface area (Å²) in [5.41, 5.74) is 6.19. The van der Waals surface area contributed by atoms with Crippen LogP contribution in [0.1, 0.15) is 36.7 Å². The van der Waals surface area contributed by atoms with E-state index in [-0.39, 0.29) is 34.7 Å². The number of hydrogen-bond acceptors (Lipinski definition) is 7. The lowest BCUT2D eigenvalue weighted by Crippen LogP contribution is -2.44. The molecule has 4 rings (SSSR count). The van der Waals surface area contributed by atoms with Gasteiger partial charge in [0.2, 0.25) is 0 Å². The Morgan fingerprint density at radius 2 is 1.63 bits per heavy atom. The van der Waals surface area contributed by atoms with Crippen molar-refractivity contribution in [2.75, 3.05) is 6.61 Å². The van der Waals surface area contributed by atoms with Crippen LogP contribution < -0.4 is 27.0 Å². The SMILES string of the molecule is CC(C)OC(=O)[C@H](Cc1ccc(-n2c(=O)c3cc(OC[C@H](C)N)ccc3n(C)c2=O)cc1)NC(=O)c1c(Cl)cccc1Cl. The summed E-state index contributed by atoms with van der Waals surface area (Å²) in [6, 6.07) is 14.8. The van der Waals surface area contributed by atoms with Crippen LogP contribution in [0.5, 0.6) is 5.75 Å². The van der Waals surface area contributed by atoms with E-state index in [1.165, 1.54) is 16.7 Å². The molecular weight excluding hydrogens is 595 g/mol. The van der Waals surface area contributed by atoms with E-state index < -0.39 is 35.3 Å². The highest BCUT2D eigenvalue weighted by molar-refractivity contribution is 6.39. The van der Waals surface area contributed by atoms with Crippen LogP contribution in [0.2, 0.25) is 10.0 Å². The lowest BCUT2D eigenvalue weighted by Gasteiger charge is -2.20. The third-order valence-corrected chi connectivity index (χ3v) is 7.15. The van der Waals surface area contributed by atoms with Crippen LogP contribution in [0.15, 0.2) is 70.3 Å². The number of nitrogens with zero attached hydrogens (tertiary/aromatic N) is 2.